The van der Waals surface area contributed by atoms with Gasteiger partial charge in [0.15, 0.2) is 0 Å². The number of halogens is 2. The van der Waals surface area contributed by atoms with Gasteiger partial charge in [0, 0.05) is 5.56 Å². The molecule has 0 saturated heterocycles. The van der Waals surface area contributed by atoms with Gasteiger partial charge in [-0.3, -0.25) is 9.69 Å². The van der Waals surface area contributed by atoms with Gasteiger partial charge in [-0.25, -0.2) is 9.07 Å². The first-order chi connectivity index (χ1) is 12.9. The molecule has 0 spiro atoms. The summed E-state index contributed by atoms with van der Waals surface area (Å²) in [6.07, 6.45) is 0. The molecule has 1 aromatic heterocycles. The van der Waals surface area contributed by atoms with E-state index in [4.69, 9.17) is 28.2 Å². The van der Waals surface area contributed by atoms with Crippen LogP contribution in [0.5, 0.6) is 0 Å². The van der Waals surface area contributed by atoms with Crippen LogP contribution in [0.4, 0.5) is 10.1 Å². The van der Waals surface area contributed by atoms with Gasteiger partial charge >= 0.3 is 0 Å². The predicted molar refractivity (Wildman–Crippen MR) is 103 cm³/mol. The number of nitrogens with zero attached hydrogens (tertiary/aromatic N) is 3. The van der Waals surface area contributed by atoms with Crippen LogP contribution in [0, 0.1) is 10.7 Å². The highest BCUT2D eigenvalue weighted by atomic mass is 35.5. The van der Waals surface area contributed by atoms with E-state index < -0.39 is 0 Å². The van der Waals surface area contributed by atoms with Crippen LogP contribution in [0.1, 0.15) is 0 Å². The molecule has 0 bridgehead atoms. The molecular weight excluding hydrogens is 391 g/mol. The molecule has 3 aromatic rings. The first-order valence-electron chi connectivity index (χ1n) is 7.99. The van der Waals surface area contributed by atoms with Gasteiger partial charge in [0.2, 0.25) is 11.8 Å². The van der Waals surface area contributed by atoms with Crippen LogP contribution >= 0.6 is 23.8 Å². The molecule has 3 rings (SSSR count). The minimum atomic E-state index is -0.346. The lowest BCUT2D eigenvalue weighted by Crippen LogP contribution is -2.32. The number of aromatic nitrogens is 2. The molecule has 1 N–H and O–H groups in total. The van der Waals surface area contributed by atoms with Gasteiger partial charge in [0.05, 0.1) is 23.9 Å². The first-order valence-corrected chi connectivity index (χ1v) is 8.78. The van der Waals surface area contributed by atoms with Crippen molar-refractivity contribution < 1.29 is 13.6 Å². The van der Waals surface area contributed by atoms with Crippen LogP contribution in [-0.4, -0.2) is 34.2 Å². The summed E-state index contributed by atoms with van der Waals surface area (Å²) >= 11 is 11.2. The summed E-state index contributed by atoms with van der Waals surface area (Å²) in [6.45, 7) is 0.352. The highest BCUT2D eigenvalue weighted by Crippen LogP contribution is 2.20. The zero-order valence-electron chi connectivity index (χ0n) is 14.4. The maximum Gasteiger partial charge on any atom is 0.288 e. The minimum Gasteiger partial charge on any atom is -0.409 e. The highest BCUT2D eigenvalue weighted by Gasteiger charge is 2.13. The van der Waals surface area contributed by atoms with E-state index in [1.165, 1.54) is 16.8 Å². The van der Waals surface area contributed by atoms with E-state index >= 15 is 0 Å². The predicted octanol–water partition coefficient (Wildman–Crippen LogP) is 4.19. The van der Waals surface area contributed by atoms with Crippen molar-refractivity contribution >= 4 is 35.4 Å². The van der Waals surface area contributed by atoms with Crippen molar-refractivity contribution in [2.45, 2.75) is 6.67 Å². The number of carbonyl (C=O) groups excluding carboxylic acids is 1. The monoisotopic (exact) mass is 406 g/mol. The first kappa shape index (κ1) is 19.2. The standard InChI is InChI=1S/C18H16ClFN4O2S/c1-23(10-16(25)21-15-5-3-2-4-14(15)19)11-24-18(27)26-17(22-24)12-6-8-13(20)9-7-12/h2-9H,10-11H2,1H3,(H,21,25). The smallest absolute Gasteiger partial charge is 0.288 e. The molecule has 0 atom stereocenters. The maximum absolute atomic E-state index is 13.0. The van der Waals surface area contributed by atoms with Crippen LogP contribution in [0.15, 0.2) is 52.9 Å². The Bertz CT molecular complexity index is 1000. The van der Waals surface area contributed by atoms with E-state index in [0.29, 0.717) is 16.3 Å². The molecule has 27 heavy (non-hydrogen) atoms. The van der Waals surface area contributed by atoms with Crippen molar-refractivity contribution in [2.75, 3.05) is 18.9 Å². The second kappa shape index (κ2) is 8.43. The molecule has 0 saturated carbocycles. The second-order valence-electron chi connectivity index (χ2n) is 5.86. The van der Waals surface area contributed by atoms with Crippen molar-refractivity contribution in [2.24, 2.45) is 0 Å². The number of nitrogens with one attached hydrogen (secondary N) is 1. The summed E-state index contributed by atoms with van der Waals surface area (Å²) in [4.78, 5) is 14.1. The van der Waals surface area contributed by atoms with Gasteiger partial charge in [-0.15, -0.1) is 5.10 Å². The Morgan fingerprint density at radius 1 is 1.30 bits per heavy atom. The Hall–Kier alpha value is -2.55. The Kier molecular flexibility index (Phi) is 6.00. The quantitative estimate of drug-likeness (QED) is 0.622. The molecule has 0 aliphatic heterocycles. The number of benzene rings is 2. The topological polar surface area (TPSA) is 63.3 Å². The van der Waals surface area contributed by atoms with E-state index in [-0.39, 0.29) is 35.7 Å². The Morgan fingerprint density at radius 2 is 2.00 bits per heavy atom. The number of rotatable bonds is 6. The molecule has 1 heterocycles. The molecule has 9 heteroatoms. The van der Waals surface area contributed by atoms with Crippen molar-refractivity contribution in [3.63, 3.8) is 0 Å². The fraction of sp³-hybridized carbons (Fsp3) is 0.167. The third-order valence-corrected chi connectivity index (χ3v) is 4.26. The van der Waals surface area contributed by atoms with Crippen LogP contribution in [0.25, 0.3) is 11.5 Å². The van der Waals surface area contributed by atoms with Crippen LogP contribution in [0.2, 0.25) is 5.02 Å². The van der Waals surface area contributed by atoms with Gasteiger partial charge in [-0.1, -0.05) is 23.7 Å². The zero-order valence-corrected chi connectivity index (χ0v) is 15.9. The van der Waals surface area contributed by atoms with E-state index in [9.17, 15) is 9.18 Å². The molecule has 1 amide bonds. The number of hydrogen-bond acceptors (Lipinski definition) is 5. The number of likely N-dealkylation sites (N-methyl/N-ethyl adjacent to an activating group) is 1. The summed E-state index contributed by atoms with van der Waals surface area (Å²) in [5, 5.41) is 7.50. The van der Waals surface area contributed by atoms with Gasteiger partial charge in [-0.2, -0.15) is 0 Å². The number of anilines is 1. The number of carbonyl (C=O) groups is 1. The van der Waals surface area contributed by atoms with E-state index in [2.05, 4.69) is 10.4 Å². The lowest BCUT2D eigenvalue weighted by Gasteiger charge is -2.15. The van der Waals surface area contributed by atoms with Gasteiger partial charge in [0.25, 0.3) is 4.84 Å². The highest BCUT2D eigenvalue weighted by molar-refractivity contribution is 7.71. The summed E-state index contributed by atoms with van der Waals surface area (Å²) in [5.74, 6) is -0.283. The lowest BCUT2D eigenvalue weighted by atomic mass is 10.2. The number of hydrogen-bond donors (Lipinski definition) is 1. The molecule has 0 fully saturated rings. The SMILES string of the molecule is CN(CC(=O)Nc1ccccc1Cl)Cn1nc(-c2ccc(F)cc2)oc1=S. The largest absolute Gasteiger partial charge is 0.409 e. The van der Waals surface area contributed by atoms with E-state index in [1.54, 1.807) is 48.3 Å². The Balaban J connectivity index is 1.63. The van der Waals surface area contributed by atoms with Crippen LogP contribution in [-0.2, 0) is 11.5 Å². The molecule has 0 aliphatic carbocycles. The summed E-state index contributed by atoms with van der Waals surface area (Å²) in [5.41, 5.74) is 1.16. The fourth-order valence-electron chi connectivity index (χ4n) is 2.38. The van der Waals surface area contributed by atoms with Crippen molar-refractivity contribution in [1.82, 2.24) is 14.7 Å². The Morgan fingerprint density at radius 3 is 2.70 bits per heavy atom. The fourth-order valence-corrected chi connectivity index (χ4v) is 2.74. The molecule has 0 unspecified atom stereocenters. The van der Waals surface area contributed by atoms with Crippen LogP contribution < -0.4 is 5.32 Å². The minimum absolute atomic E-state index is 0.103. The normalized spacial score (nSPS) is 11.0. The van der Waals surface area contributed by atoms with Gasteiger partial charge in [-0.05, 0) is 55.7 Å². The number of para-hydroxylation sites is 1. The molecule has 0 radical (unpaired) electrons. The third kappa shape index (κ3) is 5.00. The van der Waals surface area contributed by atoms with Crippen LogP contribution in [0.3, 0.4) is 0 Å². The maximum atomic E-state index is 13.0. The van der Waals surface area contributed by atoms with Gasteiger partial charge in [0.1, 0.15) is 5.82 Å². The van der Waals surface area contributed by atoms with Crippen molar-refractivity contribution in [3.05, 3.63) is 64.2 Å². The van der Waals surface area contributed by atoms with Crippen molar-refractivity contribution in [3.8, 4) is 11.5 Å². The third-order valence-electron chi connectivity index (χ3n) is 3.63. The molecule has 140 valence electrons. The average Bonchev–Trinajstić information content (AvgIpc) is 2.98. The second-order valence-corrected chi connectivity index (χ2v) is 6.62. The molecule has 2 aromatic carbocycles. The van der Waals surface area contributed by atoms with Gasteiger partial charge < -0.3 is 9.73 Å². The van der Waals surface area contributed by atoms with E-state index in [1.807, 2.05) is 0 Å². The average molecular weight is 407 g/mol. The summed E-state index contributed by atoms with van der Waals surface area (Å²) < 4.78 is 19.9. The van der Waals surface area contributed by atoms with E-state index in [0.717, 1.165) is 0 Å². The molecule has 0 aliphatic rings. The van der Waals surface area contributed by atoms with Crippen molar-refractivity contribution in [1.29, 1.82) is 0 Å². The molecular formula is C18H16ClFN4O2S. The lowest BCUT2D eigenvalue weighted by molar-refractivity contribution is -0.117. The number of amides is 1. The summed E-state index contributed by atoms with van der Waals surface area (Å²) in [6, 6.07) is 12.7. The zero-order chi connectivity index (χ0) is 19.4. The molecule has 6 nitrogen and oxygen atoms in total. The Labute approximate surface area is 165 Å². The summed E-state index contributed by atoms with van der Waals surface area (Å²) in [7, 11) is 1.75.